The zero-order chi connectivity index (χ0) is 40.7. The monoisotopic (exact) mass is 782 g/mol. The van der Waals surface area contributed by atoms with Crippen molar-refractivity contribution in [3.8, 4) is 11.1 Å². The van der Waals surface area contributed by atoms with Crippen molar-refractivity contribution in [2.24, 2.45) is 0 Å². The molecule has 0 spiro atoms. The zero-order valence-electron chi connectivity index (χ0n) is 35.8. The number of rotatable bonds is 3. The van der Waals surface area contributed by atoms with Crippen molar-refractivity contribution in [1.29, 1.82) is 0 Å². The molecule has 2 aliphatic heterocycles. The van der Waals surface area contributed by atoms with Crippen molar-refractivity contribution >= 4 is 88.7 Å². The van der Waals surface area contributed by atoms with Crippen molar-refractivity contribution < 1.29 is 0 Å². The van der Waals surface area contributed by atoms with Gasteiger partial charge in [-0.15, -0.1) is 11.3 Å². The minimum atomic E-state index is -0.00902. The third-order valence-electron chi connectivity index (χ3n) is 13.7. The van der Waals surface area contributed by atoms with E-state index in [1.807, 2.05) is 11.3 Å². The molecule has 0 bridgehead atoms. The van der Waals surface area contributed by atoms with E-state index in [9.17, 15) is 0 Å². The molecular formula is C55H51BN2S. The lowest BCUT2D eigenvalue weighted by Crippen LogP contribution is -2.61. The molecule has 8 aromatic rings. The first-order valence-corrected chi connectivity index (χ1v) is 22.2. The number of thiophene rings is 1. The van der Waals surface area contributed by atoms with E-state index in [1.165, 1.54) is 110 Å². The molecule has 2 nitrogen and oxygen atoms in total. The van der Waals surface area contributed by atoms with Gasteiger partial charge in [-0.3, -0.25) is 0 Å². The van der Waals surface area contributed by atoms with E-state index in [1.54, 1.807) is 0 Å². The summed E-state index contributed by atoms with van der Waals surface area (Å²) in [5.41, 5.74) is 21.3. The van der Waals surface area contributed by atoms with Crippen LogP contribution in [0, 0.1) is 13.8 Å². The zero-order valence-corrected chi connectivity index (χ0v) is 36.6. The summed E-state index contributed by atoms with van der Waals surface area (Å²) in [6, 6.07) is 51.3. The maximum atomic E-state index is 2.65. The van der Waals surface area contributed by atoms with E-state index >= 15 is 0 Å². The second kappa shape index (κ2) is 12.5. The average molecular weight is 783 g/mol. The van der Waals surface area contributed by atoms with Gasteiger partial charge in [0, 0.05) is 48.6 Å². The normalized spacial score (nSPS) is 16.0. The first kappa shape index (κ1) is 36.5. The Hall–Kier alpha value is -5.58. The standard InChI is InChI=1S/C55H51BN2S/c1-33-26-47-52-48(27-33)58(45-19-15-21-50-51(45)38-18-13-14-20-49(38)59-50)44-25-23-37(53(3,4)5)29-41(44)56(52)42-30-39-40(55(8,9)32-54(39,6)7)31-46(42)57(47)43-24-22-36(28-34(43)2)35-16-11-10-12-17-35/h10-31H,32H2,1-9H3. The summed E-state index contributed by atoms with van der Waals surface area (Å²) in [6.45, 7) is 21.5. The predicted octanol–water partition coefficient (Wildman–Crippen LogP) is 13.7. The highest BCUT2D eigenvalue weighted by Crippen LogP contribution is 2.53. The molecule has 0 radical (unpaired) electrons. The average Bonchev–Trinajstić information content (AvgIpc) is 3.67. The van der Waals surface area contributed by atoms with Crippen molar-refractivity contribution in [1.82, 2.24) is 0 Å². The fourth-order valence-electron chi connectivity index (χ4n) is 11.2. The third-order valence-corrected chi connectivity index (χ3v) is 14.9. The molecule has 1 aromatic heterocycles. The van der Waals surface area contributed by atoms with Crippen LogP contribution in [0.25, 0.3) is 31.3 Å². The van der Waals surface area contributed by atoms with Gasteiger partial charge in [0.25, 0.3) is 6.71 Å². The molecule has 0 atom stereocenters. The Balaban J connectivity index is 1.26. The van der Waals surface area contributed by atoms with Crippen molar-refractivity contribution in [2.75, 3.05) is 9.80 Å². The number of benzene rings is 7. The fraction of sp³-hybridized carbons (Fsp3) is 0.236. The number of fused-ring (bicyclic) bond motifs is 8. The van der Waals surface area contributed by atoms with Gasteiger partial charge in [-0.05, 0) is 146 Å². The summed E-state index contributed by atoms with van der Waals surface area (Å²) in [6.07, 6.45) is 1.13. The van der Waals surface area contributed by atoms with Gasteiger partial charge in [0.05, 0.1) is 5.69 Å². The smallest absolute Gasteiger partial charge is 0.252 e. The molecule has 3 heterocycles. The quantitative estimate of drug-likeness (QED) is 0.165. The Kier molecular flexibility index (Phi) is 7.72. The molecular weight excluding hydrogens is 731 g/mol. The maximum Gasteiger partial charge on any atom is 0.252 e. The molecule has 1 aliphatic carbocycles. The van der Waals surface area contributed by atoms with Gasteiger partial charge in [0.15, 0.2) is 0 Å². The largest absolute Gasteiger partial charge is 0.311 e. The summed E-state index contributed by atoms with van der Waals surface area (Å²) in [5, 5.41) is 2.65. The van der Waals surface area contributed by atoms with Crippen molar-refractivity contribution in [3.05, 3.63) is 161 Å². The predicted molar refractivity (Wildman–Crippen MR) is 258 cm³/mol. The maximum absolute atomic E-state index is 2.65. The third kappa shape index (κ3) is 5.38. The molecule has 0 N–H and O–H groups in total. The lowest BCUT2D eigenvalue weighted by molar-refractivity contribution is 0.403. The number of anilines is 6. The SMILES string of the molecule is Cc1cc2c3c(c1)N(c1cccc4sc5ccccc5c14)c1ccc(C(C)(C)C)cc1B3c1cc3c(cc1N2c1ccc(-c2ccccc2)cc1C)C(C)(C)CC3(C)C. The van der Waals surface area contributed by atoms with Crippen LogP contribution < -0.4 is 26.2 Å². The van der Waals surface area contributed by atoms with Crippen LogP contribution in [0.4, 0.5) is 34.1 Å². The molecule has 0 fully saturated rings. The van der Waals surface area contributed by atoms with Gasteiger partial charge in [-0.1, -0.05) is 127 Å². The summed E-state index contributed by atoms with van der Waals surface area (Å²) in [4.78, 5) is 5.27. The van der Waals surface area contributed by atoms with E-state index in [4.69, 9.17) is 0 Å². The van der Waals surface area contributed by atoms with Crippen LogP contribution in [0.3, 0.4) is 0 Å². The molecule has 0 amide bonds. The molecule has 4 heteroatoms. The highest BCUT2D eigenvalue weighted by Gasteiger charge is 2.48. The number of hydrogen-bond donors (Lipinski definition) is 0. The van der Waals surface area contributed by atoms with Crippen molar-refractivity contribution in [3.63, 3.8) is 0 Å². The molecule has 0 saturated heterocycles. The number of hydrogen-bond acceptors (Lipinski definition) is 3. The van der Waals surface area contributed by atoms with E-state index in [2.05, 4.69) is 206 Å². The molecule has 3 aliphatic rings. The summed E-state index contributed by atoms with van der Waals surface area (Å²) in [5.74, 6) is 0. The lowest BCUT2D eigenvalue weighted by atomic mass is 9.33. The van der Waals surface area contributed by atoms with Gasteiger partial charge in [-0.25, -0.2) is 0 Å². The highest BCUT2D eigenvalue weighted by atomic mass is 32.1. The first-order chi connectivity index (χ1) is 28.2. The first-order valence-electron chi connectivity index (χ1n) is 21.3. The van der Waals surface area contributed by atoms with Gasteiger partial charge < -0.3 is 9.80 Å². The molecule has 59 heavy (non-hydrogen) atoms. The Bertz CT molecular complexity index is 3050. The van der Waals surface area contributed by atoms with Crippen LogP contribution in [0.2, 0.25) is 0 Å². The molecule has 0 unspecified atom stereocenters. The Labute approximate surface area is 354 Å². The molecule has 290 valence electrons. The van der Waals surface area contributed by atoms with E-state index in [0.717, 1.165) is 6.42 Å². The Morgan fingerprint density at radius 1 is 0.542 bits per heavy atom. The van der Waals surface area contributed by atoms with Crippen LogP contribution in [0.5, 0.6) is 0 Å². The lowest BCUT2D eigenvalue weighted by Gasteiger charge is -2.45. The topological polar surface area (TPSA) is 6.48 Å². The summed E-state index contributed by atoms with van der Waals surface area (Å²) >= 11 is 1.90. The minimum absolute atomic E-state index is 0.00902. The molecule has 0 saturated carbocycles. The van der Waals surface area contributed by atoms with Gasteiger partial charge in [0.1, 0.15) is 0 Å². The summed E-state index contributed by atoms with van der Waals surface area (Å²) < 4.78 is 2.65. The second-order valence-corrected chi connectivity index (χ2v) is 20.9. The Morgan fingerprint density at radius 2 is 1.19 bits per heavy atom. The van der Waals surface area contributed by atoms with E-state index < -0.39 is 0 Å². The van der Waals surface area contributed by atoms with E-state index in [-0.39, 0.29) is 23.0 Å². The van der Waals surface area contributed by atoms with Crippen LogP contribution in [0.15, 0.2) is 133 Å². The Morgan fingerprint density at radius 3 is 1.92 bits per heavy atom. The second-order valence-electron chi connectivity index (χ2n) is 19.9. The summed E-state index contributed by atoms with van der Waals surface area (Å²) in [7, 11) is 0. The number of nitrogens with zero attached hydrogens (tertiary/aromatic N) is 2. The fourth-order valence-corrected chi connectivity index (χ4v) is 12.4. The highest BCUT2D eigenvalue weighted by molar-refractivity contribution is 7.26. The van der Waals surface area contributed by atoms with Crippen LogP contribution >= 0.6 is 11.3 Å². The van der Waals surface area contributed by atoms with Crippen molar-refractivity contribution in [2.45, 2.75) is 85.0 Å². The van der Waals surface area contributed by atoms with Crippen LogP contribution in [-0.4, -0.2) is 6.71 Å². The van der Waals surface area contributed by atoms with E-state index in [0.29, 0.717) is 0 Å². The van der Waals surface area contributed by atoms with Gasteiger partial charge in [0.2, 0.25) is 0 Å². The van der Waals surface area contributed by atoms with Gasteiger partial charge >= 0.3 is 0 Å². The van der Waals surface area contributed by atoms with Gasteiger partial charge in [-0.2, -0.15) is 0 Å². The van der Waals surface area contributed by atoms with Crippen LogP contribution in [0.1, 0.15) is 82.7 Å². The minimum Gasteiger partial charge on any atom is -0.311 e. The molecule has 7 aromatic carbocycles. The number of aryl methyl sites for hydroxylation is 2. The van der Waals surface area contributed by atoms with Crippen LogP contribution in [-0.2, 0) is 16.2 Å². The molecule has 11 rings (SSSR count).